The largest absolute Gasteiger partial charge is 0.465 e. The summed E-state index contributed by atoms with van der Waals surface area (Å²) in [6, 6.07) is 7.00. The van der Waals surface area contributed by atoms with Crippen LogP contribution in [0, 0.1) is 6.92 Å². The molecule has 20 heavy (non-hydrogen) atoms. The number of amides is 1. The van der Waals surface area contributed by atoms with Gasteiger partial charge in [-0.3, -0.25) is 4.79 Å². The molecule has 0 aliphatic heterocycles. The van der Waals surface area contributed by atoms with Gasteiger partial charge in [-0.25, -0.2) is 4.79 Å². The Kier molecular flexibility index (Phi) is 4.57. The van der Waals surface area contributed by atoms with Gasteiger partial charge in [0.15, 0.2) is 0 Å². The van der Waals surface area contributed by atoms with Crippen LogP contribution in [0.4, 0.5) is 5.69 Å². The molecule has 0 unspecified atom stereocenters. The highest BCUT2D eigenvalue weighted by molar-refractivity contribution is 9.10. The van der Waals surface area contributed by atoms with Crippen LogP contribution in [-0.4, -0.2) is 19.0 Å². The molecule has 0 radical (unpaired) electrons. The number of esters is 1. The number of rotatable bonds is 3. The first-order valence-electron chi connectivity index (χ1n) is 5.76. The van der Waals surface area contributed by atoms with E-state index in [2.05, 4.69) is 26.0 Å². The average Bonchev–Trinajstić information content (AvgIpc) is 2.89. The summed E-state index contributed by atoms with van der Waals surface area (Å²) in [6.07, 6.45) is 0. The van der Waals surface area contributed by atoms with Crippen molar-refractivity contribution in [3.05, 3.63) is 50.1 Å². The molecule has 0 fully saturated rings. The summed E-state index contributed by atoms with van der Waals surface area (Å²) in [5.74, 6) is -0.716. The topological polar surface area (TPSA) is 55.4 Å². The number of nitrogens with one attached hydrogen (secondary N) is 1. The number of hydrogen-bond donors (Lipinski definition) is 1. The van der Waals surface area contributed by atoms with Gasteiger partial charge < -0.3 is 10.1 Å². The molecule has 1 heterocycles. The van der Waals surface area contributed by atoms with Crippen molar-refractivity contribution in [1.82, 2.24) is 0 Å². The van der Waals surface area contributed by atoms with Crippen LogP contribution in [0.15, 0.2) is 34.1 Å². The van der Waals surface area contributed by atoms with Gasteiger partial charge in [0.25, 0.3) is 5.91 Å². The van der Waals surface area contributed by atoms with Crippen molar-refractivity contribution in [2.24, 2.45) is 0 Å². The first-order valence-corrected chi connectivity index (χ1v) is 7.43. The van der Waals surface area contributed by atoms with E-state index in [1.165, 1.54) is 18.4 Å². The van der Waals surface area contributed by atoms with Gasteiger partial charge in [-0.1, -0.05) is 15.9 Å². The maximum atomic E-state index is 12.2. The molecule has 0 saturated carbocycles. The lowest BCUT2D eigenvalue weighted by Gasteiger charge is -2.07. The van der Waals surface area contributed by atoms with Crippen LogP contribution in [0.3, 0.4) is 0 Å². The molecule has 1 amide bonds. The Bertz CT molecular complexity index is 666. The Morgan fingerprint density at radius 3 is 2.70 bits per heavy atom. The number of halogens is 1. The molecule has 2 rings (SSSR count). The summed E-state index contributed by atoms with van der Waals surface area (Å²) < 4.78 is 5.62. The van der Waals surface area contributed by atoms with E-state index in [4.69, 9.17) is 0 Å². The quantitative estimate of drug-likeness (QED) is 0.852. The van der Waals surface area contributed by atoms with Gasteiger partial charge in [-0.05, 0) is 42.1 Å². The molecule has 104 valence electrons. The molecule has 0 spiro atoms. The minimum Gasteiger partial charge on any atom is -0.465 e. The van der Waals surface area contributed by atoms with E-state index in [1.807, 2.05) is 13.0 Å². The molecular formula is C14H12BrNO3S. The lowest BCUT2D eigenvalue weighted by molar-refractivity contribution is 0.0607. The minimum atomic E-state index is -0.456. The van der Waals surface area contributed by atoms with Gasteiger partial charge in [0.2, 0.25) is 0 Å². The number of thiophene rings is 1. The summed E-state index contributed by atoms with van der Waals surface area (Å²) in [5, 5.41) is 4.45. The number of methoxy groups -OCH3 is 1. The molecule has 0 atom stereocenters. The Balaban J connectivity index is 2.22. The van der Waals surface area contributed by atoms with Crippen molar-refractivity contribution in [2.75, 3.05) is 12.4 Å². The van der Waals surface area contributed by atoms with Gasteiger partial charge >= 0.3 is 5.97 Å². The highest BCUT2D eigenvalue weighted by Crippen LogP contribution is 2.24. The van der Waals surface area contributed by atoms with Gasteiger partial charge in [0, 0.05) is 10.0 Å². The van der Waals surface area contributed by atoms with E-state index in [9.17, 15) is 9.59 Å². The third-order valence-electron chi connectivity index (χ3n) is 2.70. The average molecular weight is 354 g/mol. The van der Waals surface area contributed by atoms with Crippen LogP contribution in [0.25, 0.3) is 0 Å². The lowest BCUT2D eigenvalue weighted by atomic mass is 10.1. The Hall–Kier alpha value is -1.66. The number of anilines is 1. The highest BCUT2D eigenvalue weighted by atomic mass is 79.9. The fraction of sp³-hybridized carbons (Fsp3) is 0.143. The molecule has 1 aromatic heterocycles. The summed E-state index contributed by atoms with van der Waals surface area (Å²) >= 11 is 4.62. The van der Waals surface area contributed by atoms with Crippen LogP contribution in [0.5, 0.6) is 0 Å². The van der Waals surface area contributed by atoms with Crippen molar-refractivity contribution >= 4 is 44.8 Å². The maximum absolute atomic E-state index is 12.2. The molecule has 0 bridgehead atoms. The molecule has 4 nitrogen and oxygen atoms in total. The van der Waals surface area contributed by atoms with E-state index in [0.29, 0.717) is 16.1 Å². The van der Waals surface area contributed by atoms with Crippen LogP contribution in [-0.2, 0) is 4.74 Å². The van der Waals surface area contributed by atoms with Crippen LogP contribution < -0.4 is 5.32 Å². The zero-order valence-electron chi connectivity index (χ0n) is 10.9. The minimum absolute atomic E-state index is 0.260. The number of carbonyl (C=O) groups is 2. The molecule has 0 aliphatic carbocycles. The van der Waals surface area contributed by atoms with Crippen molar-refractivity contribution in [1.29, 1.82) is 0 Å². The summed E-state index contributed by atoms with van der Waals surface area (Å²) in [4.78, 5) is 24.1. The third kappa shape index (κ3) is 3.08. The first-order chi connectivity index (χ1) is 9.52. The maximum Gasteiger partial charge on any atom is 0.350 e. The Morgan fingerprint density at radius 1 is 1.30 bits per heavy atom. The van der Waals surface area contributed by atoms with Gasteiger partial charge in [0.1, 0.15) is 4.88 Å². The predicted molar refractivity (Wildman–Crippen MR) is 82.5 cm³/mol. The number of ether oxygens (including phenoxy) is 1. The van der Waals surface area contributed by atoms with E-state index in [1.54, 1.807) is 23.6 Å². The number of hydrogen-bond acceptors (Lipinski definition) is 4. The van der Waals surface area contributed by atoms with Crippen LogP contribution in [0.2, 0.25) is 0 Å². The summed E-state index contributed by atoms with van der Waals surface area (Å²) in [5.41, 5.74) is 1.97. The molecule has 1 N–H and O–H groups in total. The zero-order chi connectivity index (χ0) is 14.7. The molecular weight excluding hydrogens is 342 g/mol. The van der Waals surface area contributed by atoms with Crippen molar-refractivity contribution in [2.45, 2.75) is 6.92 Å². The number of benzene rings is 1. The lowest BCUT2D eigenvalue weighted by Crippen LogP contribution is -2.14. The fourth-order valence-corrected chi connectivity index (χ4v) is 2.65. The predicted octanol–water partition coefficient (Wildman–Crippen LogP) is 3.86. The van der Waals surface area contributed by atoms with Crippen LogP contribution >= 0.6 is 27.3 Å². The van der Waals surface area contributed by atoms with Crippen molar-refractivity contribution in [3.8, 4) is 0 Å². The second-order valence-corrected chi connectivity index (χ2v) is 5.84. The van der Waals surface area contributed by atoms with Crippen molar-refractivity contribution in [3.63, 3.8) is 0 Å². The second-order valence-electron chi connectivity index (χ2n) is 4.07. The SMILES string of the molecule is COC(=O)c1sccc1NC(=O)c1ccc(Br)c(C)c1. The summed E-state index contributed by atoms with van der Waals surface area (Å²) in [7, 11) is 1.31. The zero-order valence-corrected chi connectivity index (χ0v) is 13.3. The molecule has 0 saturated heterocycles. The Labute approximate surface area is 128 Å². The Morgan fingerprint density at radius 2 is 2.05 bits per heavy atom. The van der Waals surface area contributed by atoms with Crippen LogP contribution in [0.1, 0.15) is 25.6 Å². The highest BCUT2D eigenvalue weighted by Gasteiger charge is 2.16. The van der Waals surface area contributed by atoms with Crippen molar-refractivity contribution < 1.29 is 14.3 Å². The second kappa shape index (κ2) is 6.19. The van der Waals surface area contributed by atoms with E-state index in [0.717, 1.165) is 10.0 Å². The molecule has 1 aromatic carbocycles. The molecule has 0 aliphatic rings. The standard InChI is InChI=1S/C14H12BrNO3S/c1-8-7-9(3-4-10(8)15)13(17)16-11-5-6-20-12(11)14(18)19-2/h3-7H,1-2H3,(H,16,17). The first kappa shape index (κ1) is 14.7. The van der Waals surface area contributed by atoms with Gasteiger partial charge in [0.05, 0.1) is 12.8 Å². The summed E-state index contributed by atoms with van der Waals surface area (Å²) in [6.45, 7) is 1.91. The van der Waals surface area contributed by atoms with E-state index < -0.39 is 5.97 Å². The normalized spacial score (nSPS) is 10.2. The molecule has 6 heteroatoms. The third-order valence-corrected chi connectivity index (χ3v) is 4.49. The van der Waals surface area contributed by atoms with Gasteiger partial charge in [-0.2, -0.15) is 0 Å². The number of aryl methyl sites for hydroxylation is 1. The smallest absolute Gasteiger partial charge is 0.350 e. The number of carbonyl (C=O) groups excluding carboxylic acids is 2. The van der Waals surface area contributed by atoms with Gasteiger partial charge in [-0.15, -0.1) is 11.3 Å². The van der Waals surface area contributed by atoms with E-state index >= 15 is 0 Å². The fourth-order valence-electron chi connectivity index (χ4n) is 1.64. The molecule has 2 aromatic rings. The van der Waals surface area contributed by atoms with E-state index in [-0.39, 0.29) is 5.91 Å². The monoisotopic (exact) mass is 353 g/mol.